The lowest BCUT2D eigenvalue weighted by Crippen LogP contribution is -2.11. The van der Waals surface area contributed by atoms with E-state index in [4.69, 9.17) is 0 Å². The molecule has 0 aromatic carbocycles. The van der Waals surface area contributed by atoms with Gasteiger partial charge in [-0.3, -0.25) is 0 Å². The Morgan fingerprint density at radius 1 is 1.64 bits per heavy atom. The van der Waals surface area contributed by atoms with Crippen LogP contribution in [0.25, 0.3) is 0 Å². The van der Waals surface area contributed by atoms with E-state index in [1.54, 1.807) is 6.92 Å². The Hall–Kier alpha value is -0.990. The van der Waals surface area contributed by atoms with Crippen LogP contribution in [-0.4, -0.2) is 19.6 Å². The Kier molecular flexibility index (Phi) is 2.52. The molecule has 0 saturated carbocycles. The minimum absolute atomic E-state index is 0.227. The Morgan fingerprint density at radius 3 is 2.82 bits per heavy atom. The SMILES string of the molecule is COC(=O)/C(C)=C1/CCCN1. The number of allylic oxidation sites excluding steroid dienone is 1. The van der Waals surface area contributed by atoms with Crippen LogP contribution < -0.4 is 5.32 Å². The van der Waals surface area contributed by atoms with Gasteiger partial charge < -0.3 is 10.1 Å². The normalized spacial score (nSPS) is 20.9. The second-order valence-corrected chi connectivity index (χ2v) is 2.63. The molecule has 0 atom stereocenters. The lowest BCUT2D eigenvalue weighted by atomic mass is 10.2. The summed E-state index contributed by atoms with van der Waals surface area (Å²) < 4.78 is 4.59. The van der Waals surface area contributed by atoms with Crippen LogP contribution in [0.15, 0.2) is 11.3 Å². The van der Waals surface area contributed by atoms with Crippen molar-refractivity contribution in [3.63, 3.8) is 0 Å². The summed E-state index contributed by atoms with van der Waals surface area (Å²) in [5.41, 5.74) is 1.75. The van der Waals surface area contributed by atoms with E-state index < -0.39 is 0 Å². The smallest absolute Gasteiger partial charge is 0.335 e. The monoisotopic (exact) mass is 155 g/mol. The largest absolute Gasteiger partial charge is 0.466 e. The highest BCUT2D eigenvalue weighted by atomic mass is 16.5. The summed E-state index contributed by atoms with van der Waals surface area (Å²) in [7, 11) is 1.40. The molecule has 1 heterocycles. The molecule has 0 aliphatic carbocycles. The predicted molar refractivity (Wildman–Crippen MR) is 42.0 cm³/mol. The zero-order chi connectivity index (χ0) is 8.27. The Labute approximate surface area is 66.4 Å². The summed E-state index contributed by atoms with van der Waals surface area (Å²) in [6.07, 6.45) is 2.09. The molecule has 62 valence electrons. The van der Waals surface area contributed by atoms with Gasteiger partial charge in [-0.2, -0.15) is 0 Å². The van der Waals surface area contributed by atoms with Crippen molar-refractivity contribution in [2.75, 3.05) is 13.7 Å². The number of esters is 1. The maximum Gasteiger partial charge on any atom is 0.335 e. The van der Waals surface area contributed by atoms with Crippen LogP contribution in [0.3, 0.4) is 0 Å². The van der Waals surface area contributed by atoms with Crippen molar-refractivity contribution in [1.82, 2.24) is 5.32 Å². The minimum atomic E-state index is -0.227. The zero-order valence-electron chi connectivity index (χ0n) is 6.94. The van der Waals surface area contributed by atoms with Gasteiger partial charge in [-0.25, -0.2) is 4.79 Å². The summed E-state index contributed by atoms with van der Waals surface area (Å²) in [5, 5.41) is 3.15. The first-order valence-corrected chi connectivity index (χ1v) is 3.77. The molecule has 0 amide bonds. The first-order valence-electron chi connectivity index (χ1n) is 3.77. The molecule has 1 rings (SSSR count). The first-order chi connectivity index (χ1) is 5.25. The van der Waals surface area contributed by atoms with E-state index in [1.165, 1.54) is 7.11 Å². The molecule has 11 heavy (non-hydrogen) atoms. The lowest BCUT2D eigenvalue weighted by Gasteiger charge is -2.03. The third-order valence-corrected chi connectivity index (χ3v) is 1.89. The quantitative estimate of drug-likeness (QED) is 0.450. The van der Waals surface area contributed by atoms with Crippen LogP contribution in [0.5, 0.6) is 0 Å². The number of hydrogen-bond donors (Lipinski definition) is 1. The van der Waals surface area contributed by atoms with Crippen molar-refractivity contribution in [3.8, 4) is 0 Å². The molecule has 1 saturated heterocycles. The van der Waals surface area contributed by atoms with Gasteiger partial charge in [0.2, 0.25) is 0 Å². The molecule has 0 spiro atoms. The van der Waals surface area contributed by atoms with Crippen molar-refractivity contribution in [2.45, 2.75) is 19.8 Å². The molecule has 0 aromatic rings. The average Bonchev–Trinajstić information content (AvgIpc) is 2.53. The number of rotatable bonds is 1. The summed E-state index contributed by atoms with van der Waals surface area (Å²) in [6.45, 7) is 2.77. The van der Waals surface area contributed by atoms with Crippen LogP contribution in [0.1, 0.15) is 19.8 Å². The van der Waals surface area contributed by atoms with Crippen molar-refractivity contribution in [3.05, 3.63) is 11.3 Å². The number of hydrogen-bond acceptors (Lipinski definition) is 3. The van der Waals surface area contributed by atoms with E-state index in [0.717, 1.165) is 25.1 Å². The van der Waals surface area contributed by atoms with Gasteiger partial charge in [-0.05, 0) is 19.8 Å². The minimum Gasteiger partial charge on any atom is -0.466 e. The molecule has 1 N–H and O–H groups in total. The molecular formula is C8H13NO2. The fourth-order valence-electron chi connectivity index (χ4n) is 1.19. The summed E-state index contributed by atoms with van der Waals surface area (Å²) in [5.74, 6) is -0.227. The van der Waals surface area contributed by atoms with E-state index >= 15 is 0 Å². The summed E-state index contributed by atoms with van der Waals surface area (Å²) >= 11 is 0. The molecule has 0 radical (unpaired) electrons. The Morgan fingerprint density at radius 2 is 2.36 bits per heavy atom. The van der Waals surface area contributed by atoms with E-state index in [-0.39, 0.29) is 5.97 Å². The van der Waals surface area contributed by atoms with Gasteiger partial charge in [0.05, 0.1) is 12.7 Å². The van der Waals surface area contributed by atoms with Crippen LogP contribution >= 0.6 is 0 Å². The van der Waals surface area contributed by atoms with Crippen molar-refractivity contribution >= 4 is 5.97 Å². The number of ether oxygens (including phenoxy) is 1. The van der Waals surface area contributed by atoms with Crippen LogP contribution in [-0.2, 0) is 9.53 Å². The number of methoxy groups -OCH3 is 1. The van der Waals surface area contributed by atoms with Crippen LogP contribution in [0.2, 0.25) is 0 Å². The number of nitrogens with one attached hydrogen (secondary N) is 1. The number of carbonyl (C=O) groups is 1. The third-order valence-electron chi connectivity index (χ3n) is 1.89. The van der Waals surface area contributed by atoms with E-state index in [1.807, 2.05) is 0 Å². The molecule has 1 fully saturated rings. The molecule has 1 aliphatic rings. The molecule has 0 aromatic heterocycles. The maximum atomic E-state index is 11.0. The highest BCUT2D eigenvalue weighted by molar-refractivity contribution is 5.88. The molecule has 1 aliphatic heterocycles. The fraction of sp³-hybridized carbons (Fsp3) is 0.625. The van der Waals surface area contributed by atoms with Crippen molar-refractivity contribution < 1.29 is 9.53 Å². The second kappa shape index (κ2) is 3.42. The molecule has 3 nitrogen and oxygen atoms in total. The van der Waals surface area contributed by atoms with Crippen molar-refractivity contribution in [2.24, 2.45) is 0 Å². The third kappa shape index (κ3) is 1.73. The van der Waals surface area contributed by atoms with Gasteiger partial charge >= 0.3 is 5.97 Å². The zero-order valence-corrected chi connectivity index (χ0v) is 6.94. The molecular weight excluding hydrogens is 142 g/mol. The Balaban J connectivity index is 2.69. The number of carbonyl (C=O) groups excluding carboxylic acids is 1. The van der Waals surface area contributed by atoms with Crippen LogP contribution in [0.4, 0.5) is 0 Å². The first kappa shape index (κ1) is 8.11. The lowest BCUT2D eigenvalue weighted by molar-refractivity contribution is -0.136. The van der Waals surface area contributed by atoms with Crippen LogP contribution in [0, 0.1) is 0 Å². The highest BCUT2D eigenvalue weighted by Gasteiger charge is 2.13. The van der Waals surface area contributed by atoms with Gasteiger partial charge in [-0.15, -0.1) is 0 Å². The van der Waals surface area contributed by atoms with Gasteiger partial charge in [0.15, 0.2) is 0 Å². The molecule has 0 bridgehead atoms. The fourth-order valence-corrected chi connectivity index (χ4v) is 1.19. The van der Waals surface area contributed by atoms with Crippen molar-refractivity contribution in [1.29, 1.82) is 0 Å². The van der Waals surface area contributed by atoms with Gasteiger partial charge in [0.25, 0.3) is 0 Å². The Bertz CT molecular complexity index is 188. The van der Waals surface area contributed by atoms with E-state index in [9.17, 15) is 4.79 Å². The maximum absolute atomic E-state index is 11.0. The standard InChI is InChI=1S/C8H13NO2/c1-6(8(10)11-2)7-4-3-5-9-7/h9H,3-5H2,1-2H3/b7-6-. The van der Waals surface area contributed by atoms with Gasteiger partial charge in [0.1, 0.15) is 0 Å². The summed E-state index contributed by atoms with van der Waals surface area (Å²) in [6, 6.07) is 0. The van der Waals surface area contributed by atoms with E-state index in [0.29, 0.717) is 5.57 Å². The molecule has 0 unspecified atom stereocenters. The van der Waals surface area contributed by atoms with Gasteiger partial charge in [-0.1, -0.05) is 0 Å². The molecule has 3 heteroatoms. The predicted octanol–water partition coefficient (Wildman–Crippen LogP) is 0.817. The summed E-state index contributed by atoms with van der Waals surface area (Å²) in [4.78, 5) is 11.0. The average molecular weight is 155 g/mol. The van der Waals surface area contributed by atoms with E-state index in [2.05, 4.69) is 10.1 Å². The topological polar surface area (TPSA) is 38.3 Å². The highest BCUT2D eigenvalue weighted by Crippen LogP contribution is 2.14. The van der Waals surface area contributed by atoms with Gasteiger partial charge in [0, 0.05) is 12.2 Å². The second-order valence-electron chi connectivity index (χ2n) is 2.63.